The van der Waals surface area contributed by atoms with E-state index < -0.39 is 0 Å². The minimum absolute atomic E-state index is 0.0396. The molecule has 2 amide bonds. The Morgan fingerprint density at radius 3 is 2.67 bits per heavy atom. The molecule has 1 saturated heterocycles. The van der Waals surface area contributed by atoms with Crippen molar-refractivity contribution in [2.75, 3.05) is 20.2 Å². The number of rotatable bonds is 6. The van der Waals surface area contributed by atoms with Crippen LogP contribution >= 0.6 is 23.2 Å². The molecule has 4 rings (SSSR count). The Balaban J connectivity index is 1.32. The number of carbonyl (C=O) groups is 2. The van der Waals surface area contributed by atoms with E-state index in [2.05, 4.69) is 25.5 Å². The maximum Gasteiger partial charge on any atom is 0.274 e. The number of piperidine rings is 1. The quantitative estimate of drug-likeness (QED) is 0.549. The molecule has 2 N–H and O–H groups in total. The van der Waals surface area contributed by atoms with Gasteiger partial charge in [-0.05, 0) is 31.0 Å². The van der Waals surface area contributed by atoms with Gasteiger partial charge in [-0.2, -0.15) is 5.10 Å². The number of likely N-dealkylation sites (tertiary alicyclic amines) is 1. The van der Waals surface area contributed by atoms with Gasteiger partial charge in [0.15, 0.2) is 5.69 Å². The summed E-state index contributed by atoms with van der Waals surface area (Å²) in [7, 11) is 1.51. The van der Waals surface area contributed by atoms with Gasteiger partial charge in [-0.15, -0.1) is 0 Å². The van der Waals surface area contributed by atoms with E-state index in [0.29, 0.717) is 59.7 Å². The molecule has 0 spiro atoms. The lowest BCUT2D eigenvalue weighted by molar-refractivity contribution is -0.126. The van der Waals surface area contributed by atoms with E-state index in [1.807, 2.05) is 0 Å². The number of aromatic nitrogens is 4. The number of aromatic amines is 1. The van der Waals surface area contributed by atoms with Crippen LogP contribution in [0.2, 0.25) is 10.0 Å². The second-order valence-electron chi connectivity index (χ2n) is 7.63. The summed E-state index contributed by atoms with van der Waals surface area (Å²) in [6.45, 7) is 1.29. The lowest BCUT2D eigenvalue weighted by Gasteiger charge is -2.30. The first kappa shape index (κ1) is 23.0. The highest BCUT2D eigenvalue weighted by Gasteiger charge is 2.29. The highest BCUT2D eigenvalue weighted by atomic mass is 35.5. The van der Waals surface area contributed by atoms with Crippen molar-refractivity contribution < 1.29 is 14.3 Å². The van der Waals surface area contributed by atoms with Gasteiger partial charge >= 0.3 is 0 Å². The monoisotopic (exact) mass is 488 g/mol. The van der Waals surface area contributed by atoms with Gasteiger partial charge < -0.3 is 15.0 Å². The van der Waals surface area contributed by atoms with Crippen LogP contribution in [0.25, 0.3) is 11.3 Å². The number of halogens is 2. The van der Waals surface area contributed by atoms with Crippen molar-refractivity contribution in [2.24, 2.45) is 5.92 Å². The van der Waals surface area contributed by atoms with E-state index in [-0.39, 0.29) is 23.4 Å². The molecule has 3 aromatic heterocycles. The summed E-state index contributed by atoms with van der Waals surface area (Å²) in [5.41, 5.74) is 2.25. The molecule has 0 radical (unpaired) electrons. The summed E-state index contributed by atoms with van der Waals surface area (Å²) < 4.78 is 5.14. The summed E-state index contributed by atoms with van der Waals surface area (Å²) in [5, 5.41) is 10.9. The van der Waals surface area contributed by atoms with Crippen molar-refractivity contribution >= 4 is 35.0 Å². The van der Waals surface area contributed by atoms with Crippen LogP contribution in [0.1, 0.15) is 29.0 Å². The average molecular weight is 489 g/mol. The van der Waals surface area contributed by atoms with Gasteiger partial charge in [0.25, 0.3) is 5.91 Å². The Morgan fingerprint density at radius 1 is 1.18 bits per heavy atom. The Kier molecular flexibility index (Phi) is 7.10. The summed E-state index contributed by atoms with van der Waals surface area (Å²) in [6, 6.07) is 6.84. The summed E-state index contributed by atoms with van der Waals surface area (Å²) in [6.07, 6.45) is 4.19. The molecule has 1 aliphatic heterocycles. The largest absolute Gasteiger partial charge is 0.481 e. The second kappa shape index (κ2) is 10.2. The second-order valence-corrected chi connectivity index (χ2v) is 8.47. The molecule has 9 nitrogen and oxygen atoms in total. The van der Waals surface area contributed by atoms with Crippen LogP contribution in [0, 0.1) is 5.92 Å². The van der Waals surface area contributed by atoms with Crippen LogP contribution in [-0.4, -0.2) is 57.1 Å². The molecule has 172 valence electrons. The third kappa shape index (κ3) is 5.43. The van der Waals surface area contributed by atoms with E-state index in [4.69, 9.17) is 27.9 Å². The molecule has 0 bridgehead atoms. The number of nitrogens with zero attached hydrogens (tertiary/aromatic N) is 4. The number of pyridine rings is 2. The van der Waals surface area contributed by atoms with Crippen LogP contribution in [0.3, 0.4) is 0 Å². The maximum absolute atomic E-state index is 12.9. The number of methoxy groups -OCH3 is 1. The third-order valence-electron chi connectivity index (χ3n) is 5.51. The molecule has 11 heteroatoms. The summed E-state index contributed by atoms with van der Waals surface area (Å²) >= 11 is 12.1. The molecule has 1 fully saturated rings. The van der Waals surface area contributed by atoms with Gasteiger partial charge in [0, 0.05) is 36.8 Å². The maximum atomic E-state index is 12.9. The number of nitrogens with one attached hydrogen (secondary N) is 2. The van der Waals surface area contributed by atoms with Crippen molar-refractivity contribution in [1.82, 2.24) is 30.4 Å². The fraction of sp³-hybridized carbons (Fsp3) is 0.318. The lowest BCUT2D eigenvalue weighted by Crippen LogP contribution is -2.43. The molecule has 4 heterocycles. The molecule has 0 aromatic carbocycles. The molecule has 0 aliphatic carbocycles. The van der Waals surface area contributed by atoms with Crippen molar-refractivity contribution in [2.45, 2.75) is 19.4 Å². The van der Waals surface area contributed by atoms with E-state index in [9.17, 15) is 9.59 Å². The summed E-state index contributed by atoms with van der Waals surface area (Å²) in [4.78, 5) is 35.4. The fourth-order valence-electron chi connectivity index (χ4n) is 3.65. The number of hydrogen-bond donors (Lipinski definition) is 2. The molecule has 3 aromatic rings. The smallest absolute Gasteiger partial charge is 0.274 e. The average Bonchev–Trinajstić information content (AvgIpc) is 3.33. The Bertz CT molecular complexity index is 1140. The van der Waals surface area contributed by atoms with Gasteiger partial charge in [-0.25, -0.2) is 4.98 Å². The molecule has 33 heavy (non-hydrogen) atoms. The van der Waals surface area contributed by atoms with Gasteiger partial charge in [-0.3, -0.25) is 19.7 Å². The zero-order chi connectivity index (χ0) is 23.4. The van der Waals surface area contributed by atoms with Crippen LogP contribution in [0.5, 0.6) is 5.88 Å². The number of ether oxygens (including phenoxy) is 1. The standard InChI is InChI=1S/C22H22Cl2N6O3/c1-33-20-8-16(17(24)12-26-20)18-9-19(29-28-18)22(32)30-6-4-13(5-7-30)21(31)27-11-15-3-2-14(23)10-25-15/h2-3,8-10,12-13H,4-7,11H2,1H3,(H,27,31)(H,28,29). The topological polar surface area (TPSA) is 113 Å². The van der Waals surface area contributed by atoms with E-state index in [1.165, 1.54) is 13.3 Å². The fourth-order valence-corrected chi connectivity index (χ4v) is 3.96. The van der Waals surface area contributed by atoms with Crippen LogP contribution in [0.4, 0.5) is 0 Å². The molecular weight excluding hydrogens is 467 g/mol. The predicted molar refractivity (Wildman–Crippen MR) is 123 cm³/mol. The minimum atomic E-state index is -0.195. The number of hydrogen-bond acceptors (Lipinski definition) is 6. The first-order chi connectivity index (χ1) is 15.9. The Labute approximate surface area is 200 Å². The molecule has 0 unspecified atom stereocenters. The zero-order valence-corrected chi connectivity index (χ0v) is 19.4. The lowest BCUT2D eigenvalue weighted by atomic mass is 9.95. The first-order valence-corrected chi connectivity index (χ1v) is 11.1. The number of amides is 2. The summed E-state index contributed by atoms with van der Waals surface area (Å²) in [5.74, 6) is 0.0179. The highest BCUT2D eigenvalue weighted by molar-refractivity contribution is 6.33. The van der Waals surface area contributed by atoms with Crippen LogP contribution in [-0.2, 0) is 11.3 Å². The van der Waals surface area contributed by atoms with Gasteiger partial charge in [-0.1, -0.05) is 23.2 Å². The van der Waals surface area contributed by atoms with E-state index in [0.717, 1.165) is 5.69 Å². The number of H-pyrrole nitrogens is 1. The van der Waals surface area contributed by atoms with Crippen molar-refractivity contribution in [1.29, 1.82) is 0 Å². The van der Waals surface area contributed by atoms with Gasteiger partial charge in [0.05, 0.1) is 41.3 Å². The molecule has 1 aliphatic rings. The molecule has 0 atom stereocenters. The zero-order valence-electron chi connectivity index (χ0n) is 17.8. The van der Waals surface area contributed by atoms with Gasteiger partial charge in [0.1, 0.15) is 0 Å². The predicted octanol–water partition coefficient (Wildman–Crippen LogP) is 3.35. The SMILES string of the molecule is COc1cc(-c2cc(C(=O)N3CCC(C(=O)NCc4ccc(Cl)cn4)CC3)n[nH]2)c(Cl)cn1. The van der Waals surface area contributed by atoms with Crippen molar-refractivity contribution in [3.8, 4) is 17.1 Å². The Hall–Kier alpha value is -3.17. The molecular formula is C22H22Cl2N6O3. The first-order valence-electron chi connectivity index (χ1n) is 10.4. The van der Waals surface area contributed by atoms with Crippen molar-refractivity contribution in [3.63, 3.8) is 0 Å². The third-order valence-corrected chi connectivity index (χ3v) is 6.04. The minimum Gasteiger partial charge on any atom is -0.481 e. The molecule has 0 saturated carbocycles. The normalized spacial score (nSPS) is 14.2. The highest BCUT2D eigenvalue weighted by Crippen LogP contribution is 2.29. The van der Waals surface area contributed by atoms with Crippen LogP contribution < -0.4 is 10.1 Å². The van der Waals surface area contributed by atoms with Crippen LogP contribution in [0.15, 0.2) is 36.7 Å². The van der Waals surface area contributed by atoms with Gasteiger partial charge in [0.2, 0.25) is 11.8 Å². The van der Waals surface area contributed by atoms with E-state index >= 15 is 0 Å². The Morgan fingerprint density at radius 2 is 1.97 bits per heavy atom. The van der Waals surface area contributed by atoms with Crippen molar-refractivity contribution in [3.05, 3.63) is 58.1 Å². The number of carbonyl (C=O) groups excluding carboxylic acids is 2. The van der Waals surface area contributed by atoms with E-state index in [1.54, 1.807) is 35.4 Å².